The molecule has 5 heteroatoms. The summed E-state index contributed by atoms with van der Waals surface area (Å²) in [5.41, 5.74) is 9.06. The minimum atomic E-state index is -0.511. The minimum Gasteiger partial charge on any atom is -0.464 e. The highest BCUT2D eigenvalue weighted by Gasteiger charge is 2.21. The Kier molecular flexibility index (Phi) is 4.06. The van der Waals surface area contributed by atoms with Gasteiger partial charge in [0.05, 0.1) is 24.6 Å². The number of rotatable bonds is 4. The molecule has 2 aromatic rings. The van der Waals surface area contributed by atoms with E-state index in [1.807, 2.05) is 30.3 Å². The number of esters is 1. The van der Waals surface area contributed by atoms with Crippen molar-refractivity contribution in [3.8, 4) is 17.3 Å². The van der Waals surface area contributed by atoms with Crippen LogP contribution in [0.4, 0.5) is 5.69 Å². The molecule has 3 N–H and O–H groups in total. The van der Waals surface area contributed by atoms with E-state index in [4.69, 9.17) is 15.7 Å². The summed E-state index contributed by atoms with van der Waals surface area (Å²) in [4.78, 5) is 14.7. The molecule has 5 nitrogen and oxygen atoms in total. The van der Waals surface area contributed by atoms with Crippen molar-refractivity contribution in [1.82, 2.24) is 4.98 Å². The summed E-state index contributed by atoms with van der Waals surface area (Å²) in [6, 6.07) is 11.6. The molecule has 0 amide bonds. The van der Waals surface area contributed by atoms with Gasteiger partial charge in [-0.2, -0.15) is 5.26 Å². The molecule has 0 bridgehead atoms. The Morgan fingerprint density at radius 3 is 2.70 bits per heavy atom. The summed E-state index contributed by atoms with van der Waals surface area (Å²) in [5.74, 6) is -0.511. The second kappa shape index (κ2) is 5.93. The maximum Gasteiger partial charge on any atom is 0.356 e. The third kappa shape index (κ3) is 2.50. The van der Waals surface area contributed by atoms with Crippen molar-refractivity contribution in [3.05, 3.63) is 41.6 Å². The zero-order chi connectivity index (χ0) is 14.5. The number of carbonyl (C=O) groups excluding carboxylic acids is 1. The molecule has 0 aliphatic rings. The third-order valence-corrected chi connectivity index (χ3v) is 3.09. The van der Waals surface area contributed by atoms with Crippen LogP contribution in [0.3, 0.4) is 0 Å². The van der Waals surface area contributed by atoms with Crippen LogP contribution in [0.1, 0.15) is 22.5 Å². The van der Waals surface area contributed by atoms with Crippen LogP contribution < -0.4 is 5.73 Å². The zero-order valence-corrected chi connectivity index (χ0v) is 11.1. The molecule has 2 rings (SSSR count). The van der Waals surface area contributed by atoms with Gasteiger partial charge in [-0.1, -0.05) is 30.3 Å². The number of anilines is 1. The van der Waals surface area contributed by atoms with Gasteiger partial charge in [-0.3, -0.25) is 0 Å². The van der Waals surface area contributed by atoms with Gasteiger partial charge < -0.3 is 15.5 Å². The fourth-order valence-corrected chi connectivity index (χ4v) is 2.11. The largest absolute Gasteiger partial charge is 0.464 e. The number of nitriles is 1. The number of nitrogens with one attached hydrogen (secondary N) is 1. The Hall–Kier alpha value is -2.74. The molecule has 0 unspecified atom stereocenters. The number of ether oxygens (including phenoxy) is 1. The maximum atomic E-state index is 11.7. The van der Waals surface area contributed by atoms with Gasteiger partial charge >= 0.3 is 5.97 Å². The number of nitrogens with two attached hydrogens (primary N) is 1. The summed E-state index contributed by atoms with van der Waals surface area (Å²) in [7, 11) is 1.31. The third-order valence-electron chi connectivity index (χ3n) is 3.09. The van der Waals surface area contributed by atoms with Crippen molar-refractivity contribution < 1.29 is 9.53 Å². The zero-order valence-electron chi connectivity index (χ0n) is 11.1. The van der Waals surface area contributed by atoms with Gasteiger partial charge in [-0.15, -0.1) is 0 Å². The monoisotopic (exact) mass is 269 g/mol. The second-order valence-electron chi connectivity index (χ2n) is 4.28. The molecule has 0 aliphatic carbocycles. The van der Waals surface area contributed by atoms with E-state index in [2.05, 4.69) is 11.1 Å². The molecule has 0 spiro atoms. The van der Waals surface area contributed by atoms with Crippen LogP contribution in [-0.4, -0.2) is 18.1 Å². The van der Waals surface area contributed by atoms with Gasteiger partial charge in [0.2, 0.25) is 0 Å². The lowest BCUT2D eigenvalue weighted by Crippen LogP contribution is -2.05. The first-order valence-electron chi connectivity index (χ1n) is 6.20. The van der Waals surface area contributed by atoms with Gasteiger partial charge in [0, 0.05) is 12.0 Å². The molecular formula is C15H15N3O2. The number of nitrogen functional groups attached to an aromatic ring is 1. The van der Waals surface area contributed by atoms with E-state index in [1.54, 1.807) is 0 Å². The van der Waals surface area contributed by atoms with E-state index in [0.29, 0.717) is 18.5 Å². The number of aromatic nitrogens is 1. The second-order valence-corrected chi connectivity index (χ2v) is 4.28. The summed E-state index contributed by atoms with van der Waals surface area (Å²) in [6.45, 7) is 0. The van der Waals surface area contributed by atoms with Crippen molar-refractivity contribution in [2.45, 2.75) is 12.8 Å². The molecule has 0 saturated heterocycles. The molecule has 20 heavy (non-hydrogen) atoms. The van der Waals surface area contributed by atoms with E-state index >= 15 is 0 Å². The summed E-state index contributed by atoms with van der Waals surface area (Å²) >= 11 is 0. The first-order chi connectivity index (χ1) is 9.69. The van der Waals surface area contributed by atoms with Gasteiger partial charge in [0.25, 0.3) is 0 Å². The van der Waals surface area contributed by atoms with Crippen LogP contribution in [-0.2, 0) is 11.2 Å². The number of aromatic amines is 1. The smallest absolute Gasteiger partial charge is 0.356 e. The summed E-state index contributed by atoms with van der Waals surface area (Å²) < 4.78 is 4.71. The molecule has 0 aliphatic heterocycles. The topological polar surface area (TPSA) is 91.9 Å². The van der Waals surface area contributed by atoms with Gasteiger partial charge in [-0.25, -0.2) is 4.79 Å². The highest BCUT2D eigenvalue weighted by Crippen LogP contribution is 2.31. The number of hydrogen-bond donors (Lipinski definition) is 2. The first kappa shape index (κ1) is 13.7. The Balaban J connectivity index is 2.54. The highest BCUT2D eigenvalue weighted by molar-refractivity contribution is 5.96. The SMILES string of the molecule is COC(=O)c1[nH]c(-c2ccccc2)c(CCC#N)c1N. The van der Waals surface area contributed by atoms with E-state index in [0.717, 1.165) is 16.8 Å². The van der Waals surface area contributed by atoms with Crippen LogP contribution in [0.25, 0.3) is 11.3 Å². The predicted molar refractivity (Wildman–Crippen MR) is 75.9 cm³/mol. The molecule has 0 atom stereocenters. The van der Waals surface area contributed by atoms with Crippen molar-refractivity contribution >= 4 is 11.7 Å². The molecule has 0 fully saturated rings. The van der Waals surface area contributed by atoms with Crippen LogP contribution in [0, 0.1) is 11.3 Å². The Morgan fingerprint density at radius 1 is 1.40 bits per heavy atom. The number of H-pyrrole nitrogens is 1. The molecule has 102 valence electrons. The average Bonchev–Trinajstić information content (AvgIpc) is 2.82. The lowest BCUT2D eigenvalue weighted by molar-refractivity contribution is 0.0596. The van der Waals surface area contributed by atoms with Crippen LogP contribution in [0.2, 0.25) is 0 Å². The lowest BCUT2D eigenvalue weighted by Gasteiger charge is -2.03. The Labute approximate surface area is 117 Å². The quantitative estimate of drug-likeness (QED) is 0.834. The molecule has 1 heterocycles. The highest BCUT2D eigenvalue weighted by atomic mass is 16.5. The summed E-state index contributed by atoms with van der Waals surface area (Å²) in [6.07, 6.45) is 0.822. The standard InChI is InChI=1S/C15H15N3O2/c1-20-15(19)14-12(17)11(8-5-9-16)13(18-14)10-6-3-2-4-7-10/h2-4,6-7,18H,5,8,17H2,1H3. The number of nitrogens with zero attached hydrogens (tertiary/aromatic N) is 1. The Bertz CT molecular complexity index is 654. The molecule has 1 aromatic carbocycles. The average molecular weight is 269 g/mol. The van der Waals surface area contributed by atoms with Crippen LogP contribution in [0.15, 0.2) is 30.3 Å². The lowest BCUT2D eigenvalue weighted by atomic mass is 10.0. The van der Waals surface area contributed by atoms with E-state index in [9.17, 15) is 4.79 Å². The number of benzene rings is 1. The predicted octanol–water partition coefficient (Wildman–Crippen LogP) is 2.51. The van der Waals surface area contributed by atoms with Gasteiger partial charge in [0.15, 0.2) is 0 Å². The number of hydrogen-bond acceptors (Lipinski definition) is 4. The Morgan fingerprint density at radius 2 is 2.10 bits per heavy atom. The molecule has 0 saturated carbocycles. The van der Waals surface area contributed by atoms with E-state index < -0.39 is 5.97 Å². The molecular weight excluding hydrogens is 254 g/mol. The van der Waals surface area contributed by atoms with E-state index in [1.165, 1.54) is 7.11 Å². The molecule has 0 radical (unpaired) electrons. The minimum absolute atomic E-state index is 0.235. The normalized spacial score (nSPS) is 10.0. The number of methoxy groups -OCH3 is 1. The van der Waals surface area contributed by atoms with Gasteiger partial charge in [0.1, 0.15) is 5.69 Å². The van der Waals surface area contributed by atoms with Crippen LogP contribution >= 0.6 is 0 Å². The van der Waals surface area contributed by atoms with Crippen molar-refractivity contribution in [2.24, 2.45) is 0 Å². The molecule has 1 aromatic heterocycles. The van der Waals surface area contributed by atoms with Crippen molar-refractivity contribution in [3.63, 3.8) is 0 Å². The summed E-state index contributed by atoms with van der Waals surface area (Å²) in [5, 5.41) is 8.75. The van der Waals surface area contributed by atoms with E-state index in [-0.39, 0.29) is 5.69 Å². The maximum absolute atomic E-state index is 11.7. The van der Waals surface area contributed by atoms with Crippen LogP contribution in [0.5, 0.6) is 0 Å². The van der Waals surface area contributed by atoms with Gasteiger partial charge in [-0.05, 0) is 12.0 Å². The van der Waals surface area contributed by atoms with Crippen molar-refractivity contribution in [1.29, 1.82) is 5.26 Å². The first-order valence-corrected chi connectivity index (χ1v) is 6.20. The number of carbonyl (C=O) groups is 1. The van der Waals surface area contributed by atoms with Crippen molar-refractivity contribution in [2.75, 3.05) is 12.8 Å². The fourth-order valence-electron chi connectivity index (χ4n) is 2.11. The fraction of sp³-hybridized carbons (Fsp3) is 0.200.